The number of carbonyl (C=O) groups is 1. The van der Waals surface area contributed by atoms with Crippen molar-refractivity contribution in [2.75, 3.05) is 36.1 Å². The highest BCUT2D eigenvalue weighted by Crippen LogP contribution is 2.30. The van der Waals surface area contributed by atoms with Gasteiger partial charge in [0.2, 0.25) is 5.95 Å². The van der Waals surface area contributed by atoms with Crippen LogP contribution in [-0.2, 0) is 16.1 Å². The molecule has 0 fully saturated rings. The van der Waals surface area contributed by atoms with Crippen LogP contribution in [-0.4, -0.2) is 61.5 Å². The Kier molecular flexibility index (Phi) is 10.3. The van der Waals surface area contributed by atoms with Gasteiger partial charge in [-0.2, -0.15) is 22.9 Å². The Labute approximate surface area is 238 Å². The largest absolute Gasteiger partial charge is 0.490 e. The molecule has 0 aliphatic rings. The number of benzene rings is 1. The number of aromatic nitrogens is 5. The second kappa shape index (κ2) is 13.4. The van der Waals surface area contributed by atoms with Crippen LogP contribution in [0.3, 0.4) is 0 Å². The van der Waals surface area contributed by atoms with Gasteiger partial charge in [0.1, 0.15) is 17.6 Å². The minimum Gasteiger partial charge on any atom is -0.475 e. The molecule has 1 aromatic carbocycles. The van der Waals surface area contributed by atoms with Crippen molar-refractivity contribution in [1.82, 2.24) is 24.6 Å². The van der Waals surface area contributed by atoms with E-state index in [9.17, 15) is 13.2 Å². The summed E-state index contributed by atoms with van der Waals surface area (Å²) in [5.41, 5.74) is 7.65. The van der Waals surface area contributed by atoms with E-state index in [1.165, 1.54) is 11.3 Å². The molecule has 0 aliphatic carbocycles. The summed E-state index contributed by atoms with van der Waals surface area (Å²) in [5.74, 6) is -1.51. The highest BCUT2D eigenvalue weighted by Gasteiger charge is 2.38. The lowest BCUT2D eigenvalue weighted by atomic mass is 10.1. The zero-order valence-electron chi connectivity index (χ0n) is 20.5. The Balaban J connectivity index is 0.000000559. The molecule has 0 bridgehead atoms. The van der Waals surface area contributed by atoms with Gasteiger partial charge in [-0.1, -0.05) is 34.5 Å². The number of fused-ring (bicyclic) bond motifs is 1. The lowest BCUT2D eigenvalue weighted by Gasteiger charge is -2.11. The molecule has 4 aromatic rings. The number of halogens is 5. The average molecular weight is 618 g/mol. The molecule has 5 N–H and O–H groups in total. The second-order valence-corrected chi connectivity index (χ2v) is 9.37. The van der Waals surface area contributed by atoms with Crippen molar-refractivity contribution < 1.29 is 27.8 Å². The molecule has 0 spiro atoms. The fourth-order valence-corrected chi connectivity index (χ4v) is 4.18. The molecule has 0 saturated heterocycles. The summed E-state index contributed by atoms with van der Waals surface area (Å²) in [7, 11) is 0. The molecular formula is C22H20Cl2F3N9O3S. The fourth-order valence-electron chi connectivity index (χ4n) is 2.97. The second-order valence-electron chi connectivity index (χ2n) is 7.53. The summed E-state index contributed by atoms with van der Waals surface area (Å²) in [6, 6.07) is 9.06. The highest BCUT2D eigenvalue weighted by molar-refractivity contribution is 7.16. The number of hydrogen-bond acceptors (Lipinski definition) is 11. The lowest BCUT2D eigenvalue weighted by Crippen LogP contribution is -2.21. The Hall–Kier alpha value is -3.91. The molecule has 0 saturated carbocycles. The summed E-state index contributed by atoms with van der Waals surface area (Å²) < 4.78 is 38.8. The van der Waals surface area contributed by atoms with Crippen LogP contribution in [0.1, 0.15) is 17.6 Å². The van der Waals surface area contributed by atoms with Crippen LogP contribution in [0.4, 0.5) is 30.1 Å². The quantitative estimate of drug-likeness (QED) is 0.191. The number of carboxylic acids is 1. The van der Waals surface area contributed by atoms with Crippen molar-refractivity contribution in [3.63, 3.8) is 0 Å². The van der Waals surface area contributed by atoms with Crippen LogP contribution >= 0.6 is 34.5 Å². The van der Waals surface area contributed by atoms with E-state index in [1.807, 2.05) is 25.1 Å². The molecule has 0 atom stereocenters. The van der Waals surface area contributed by atoms with Crippen LogP contribution in [0.2, 0.25) is 10.0 Å². The van der Waals surface area contributed by atoms with E-state index >= 15 is 0 Å². The van der Waals surface area contributed by atoms with Gasteiger partial charge in [0.05, 0.1) is 10.7 Å². The number of nitrogens with one attached hydrogen (secondary N) is 2. The smallest absolute Gasteiger partial charge is 0.475 e. The topological polar surface area (TPSA) is 176 Å². The van der Waals surface area contributed by atoms with Crippen LogP contribution in [0.15, 0.2) is 24.3 Å². The van der Waals surface area contributed by atoms with E-state index in [-0.39, 0.29) is 5.82 Å². The van der Waals surface area contributed by atoms with Gasteiger partial charge in [0.25, 0.3) is 0 Å². The monoisotopic (exact) mass is 617 g/mol. The van der Waals surface area contributed by atoms with Gasteiger partial charge >= 0.3 is 12.1 Å². The van der Waals surface area contributed by atoms with E-state index in [0.717, 1.165) is 5.56 Å². The van der Waals surface area contributed by atoms with Crippen molar-refractivity contribution in [3.05, 3.63) is 45.0 Å². The van der Waals surface area contributed by atoms with E-state index in [2.05, 4.69) is 25.7 Å². The van der Waals surface area contributed by atoms with E-state index in [0.29, 0.717) is 69.5 Å². The van der Waals surface area contributed by atoms with Crippen LogP contribution in [0.5, 0.6) is 0 Å². The van der Waals surface area contributed by atoms with E-state index in [4.69, 9.17) is 53.8 Å². The van der Waals surface area contributed by atoms with Crippen molar-refractivity contribution >= 4 is 63.1 Å². The Bertz CT molecular complexity index is 1540. The Morgan fingerprint density at radius 2 is 1.93 bits per heavy atom. The first-order chi connectivity index (χ1) is 18.9. The highest BCUT2D eigenvalue weighted by atomic mass is 35.5. The number of thiazole rings is 1. The maximum Gasteiger partial charge on any atom is 0.490 e. The number of anilines is 3. The van der Waals surface area contributed by atoms with Crippen LogP contribution < -0.4 is 16.4 Å². The molecule has 212 valence electrons. The number of rotatable bonds is 9. The summed E-state index contributed by atoms with van der Waals surface area (Å²) >= 11 is 13.7. The molecule has 0 amide bonds. The first-order valence-corrected chi connectivity index (χ1v) is 12.7. The lowest BCUT2D eigenvalue weighted by molar-refractivity contribution is -0.192. The maximum absolute atomic E-state index is 10.6. The van der Waals surface area contributed by atoms with E-state index < -0.39 is 12.1 Å². The fraction of sp³-hybridized carbons (Fsp3) is 0.273. The van der Waals surface area contributed by atoms with Crippen molar-refractivity contribution in [3.8, 4) is 17.3 Å². The number of aliphatic carboxylic acids is 1. The number of nitrogens with two attached hydrogens (primary N) is 1. The minimum atomic E-state index is -5.08. The third-order valence-corrected chi connectivity index (χ3v) is 6.17. The number of hydrogen-bond donors (Lipinski definition) is 4. The first-order valence-electron chi connectivity index (χ1n) is 11.2. The van der Waals surface area contributed by atoms with Gasteiger partial charge < -0.3 is 26.2 Å². The predicted octanol–water partition coefficient (Wildman–Crippen LogP) is 4.70. The number of nitriles is 1. The summed E-state index contributed by atoms with van der Waals surface area (Å²) in [5, 5.41) is 28.6. The summed E-state index contributed by atoms with van der Waals surface area (Å²) in [6.45, 7) is 3.76. The predicted molar refractivity (Wildman–Crippen MR) is 143 cm³/mol. The van der Waals surface area contributed by atoms with Gasteiger partial charge in [-0.05, 0) is 25.1 Å². The summed E-state index contributed by atoms with van der Waals surface area (Å²) in [6.07, 6.45) is -5.08. The van der Waals surface area contributed by atoms with Gasteiger partial charge in [0, 0.05) is 36.3 Å². The van der Waals surface area contributed by atoms with Crippen molar-refractivity contribution in [1.29, 1.82) is 5.26 Å². The number of nitrogens with zero attached hydrogens (tertiary/aromatic N) is 6. The Morgan fingerprint density at radius 3 is 2.52 bits per heavy atom. The van der Waals surface area contributed by atoms with Crippen LogP contribution in [0, 0.1) is 11.3 Å². The molecule has 0 aliphatic heterocycles. The molecule has 4 rings (SSSR count). The van der Waals surface area contributed by atoms with Gasteiger partial charge in [-0.3, -0.25) is 0 Å². The van der Waals surface area contributed by atoms with Crippen molar-refractivity contribution in [2.45, 2.75) is 19.7 Å². The summed E-state index contributed by atoms with van der Waals surface area (Å²) in [4.78, 5) is 22.7. The third kappa shape index (κ3) is 8.05. The van der Waals surface area contributed by atoms with Crippen molar-refractivity contribution in [2.24, 2.45) is 0 Å². The Morgan fingerprint density at radius 1 is 1.23 bits per heavy atom. The standard InChI is InChI=1S/C20H19Cl2N9OS.C2HF3O2/c1-2-32-10-16-28-17-8-14(12-4-3-11(21)7-13(12)22)27-19(31(17)30-16)25-5-6-26-20-29-18(24)15(9-23)33-20;3-2(4,5)1(6)7/h3-4,7-8H,2,5-6,10,24H2,1H3,(H,25,27)(H,26,29);(H,6,7). The van der Waals surface area contributed by atoms with Gasteiger partial charge in [-0.15, -0.1) is 5.10 Å². The normalized spacial score (nSPS) is 11.0. The zero-order valence-corrected chi connectivity index (χ0v) is 22.8. The van der Waals surface area contributed by atoms with Gasteiger partial charge in [0.15, 0.2) is 22.4 Å². The number of nitrogen functional groups attached to an aromatic ring is 1. The molecule has 3 heterocycles. The molecule has 0 radical (unpaired) electrons. The average Bonchev–Trinajstić information content (AvgIpc) is 3.47. The number of alkyl halides is 3. The zero-order chi connectivity index (χ0) is 29.4. The minimum absolute atomic E-state index is 0.221. The van der Waals surface area contributed by atoms with E-state index in [1.54, 1.807) is 16.6 Å². The number of carboxylic acid groups (broad SMARTS) is 1. The molecule has 40 heavy (non-hydrogen) atoms. The van der Waals surface area contributed by atoms with Gasteiger partial charge in [-0.25, -0.2) is 19.7 Å². The molecule has 18 heteroatoms. The molecule has 0 unspecified atom stereocenters. The molecular weight excluding hydrogens is 598 g/mol. The third-order valence-electron chi connectivity index (χ3n) is 4.69. The molecule has 12 nitrogen and oxygen atoms in total. The number of ether oxygens (including phenoxy) is 1. The maximum atomic E-state index is 10.6. The first kappa shape index (κ1) is 30.6. The van der Waals surface area contributed by atoms with Crippen LogP contribution in [0.25, 0.3) is 16.9 Å². The molecule has 3 aromatic heterocycles. The SMILES string of the molecule is CCOCc1nc2cc(-c3ccc(Cl)cc3Cl)nc(NCCNc3nc(N)c(C#N)s3)n2n1.O=C(O)C(F)(F)F.